The van der Waals surface area contributed by atoms with Crippen LogP contribution in [0.25, 0.3) is 0 Å². The molecule has 2 fully saturated rings. The summed E-state index contributed by atoms with van der Waals surface area (Å²) in [6.07, 6.45) is -0.891. The predicted octanol–water partition coefficient (Wildman–Crippen LogP) is 4.31. The summed E-state index contributed by atoms with van der Waals surface area (Å²) in [5.41, 5.74) is 0. The van der Waals surface area contributed by atoms with Gasteiger partial charge in [0.25, 0.3) is 9.70 Å². The summed E-state index contributed by atoms with van der Waals surface area (Å²) >= 11 is 17.5. The van der Waals surface area contributed by atoms with Crippen molar-refractivity contribution < 1.29 is 28.2 Å². The molecule has 2 aliphatic heterocycles. The highest BCUT2D eigenvalue weighted by Gasteiger charge is 2.56. The van der Waals surface area contributed by atoms with Crippen molar-refractivity contribution in [1.82, 2.24) is 5.32 Å². The number of rotatable bonds is 6. The van der Waals surface area contributed by atoms with Crippen LogP contribution in [0.15, 0.2) is 12.7 Å². The van der Waals surface area contributed by atoms with Crippen LogP contribution in [0.2, 0.25) is 18.1 Å². The molecule has 11 heteroatoms. The smallest absolute Gasteiger partial charge is 0.272 e. The van der Waals surface area contributed by atoms with E-state index in [1.54, 1.807) is 6.08 Å². The highest BCUT2D eigenvalue weighted by atomic mass is 35.6. The Hall–Kier alpha value is 0.0969. The highest BCUT2D eigenvalue weighted by molar-refractivity contribution is 6.76. The van der Waals surface area contributed by atoms with Crippen LogP contribution < -0.4 is 5.32 Å². The third-order valence-electron chi connectivity index (χ3n) is 5.83. The van der Waals surface area contributed by atoms with Gasteiger partial charge in [-0.3, -0.25) is 4.79 Å². The van der Waals surface area contributed by atoms with E-state index < -0.39 is 54.4 Å². The molecule has 180 valence electrons. The minimum atomic E-state index is -2.32. The van der Waals surface area contributed by atoms with Gasteiger partial charge in [-0.1, -0.05) is 61.7 Å². The van der Waals surface area contributed by atoms with E-state index in [0.717, 1.165) is 0 Å². The van der Waals surface area contributed by atoms with Crippen LogP contribution in [-0.2, 0) is 28.2 Å². The summed E-state index contributed by atoms with van der Waals surface area (Å²) in [7, 11) is -2.32. The fraction of sp³-hybridized carbons (Fsp3) is 0.850. The van der Waals surface area contributed by atoms with Crippen molar-refractivity contribution >= 4 is 49.0 Å². The molecule has 0 aliphatic carbocycles. The molecule has 1 amide bonds. The third kappa shape index (κ3) is 6.80. The van der Waals surface area contributed by atoms with Gasteiger partial charge in [-0.05, 0) is 32.0 Å². The van der Waals surface area contributed by atoms with Gasteiger partial charge in [0, 0.05) is 0 Å². The van der Waals surface area contributed by atoms with Gasteiger partial charge in [-0.25, -0.2) is 0 Å². The van der Waals surface area contributed by atoms with E-state index in [1.165, 1.54) is 0 Å². The molecule has 0 aromatic carbocycles. The number of fused-ring (bicyclic) bond motifs is 1. The summed E-state index contributed by atoms with van der Waals surface area (Å²) in [6, 6.07) is -0.785. The molecule has 0 bridgehead atoms. The molecular formula is C20H34Cl3NO6Si. The van der Waals surface area contributed by atoms with E-state index in [2.05, 4.69) is 45.8 Å². The Morgan fingerprint density at radius 3 is 2.42 bits per heavy atom. The van der Waals surface area contributed by atoms with Gasteiger partial charge in [0.05, 0.1) is 19.3 Å². The molecule has 0 aromatic rings. The van der Waals surface area contributed by atoms with E-state index in [-0.39, 0.29) is 18.3 Å². The number of halogens is 3. The Balaban J connectivity index is 2.47. The Kier molecular flexibility index (Phi) is 8.61. The molecule has 0 radical (unpaired) electrons. The SMILES string of the molecule is C=CCO[C@H]1O[C@@H]2COC(C)(C)O[C@H]2[C@H](O[Si](C)(C)C(C)(C)C)[C@H]1NC(=O)C(Cl)(Cl)Cl. The molecule has 2 rings (SSSR count). The van der Waals surface area contributed by atoms with E-state index in [9.17, 15) is 4.79 Å². The number of hydrogen-bond acceptors (Lipinski definition) is 6. The molecule has 0 spiro atoms. The predicted molar refractivity (Wildman–Crippen MR) is 124 cm³/mol. The summed E-state index contributed by atoms with van der Waals surface area (Å²) in [5.74, 6) is -1.65. The molecule has 0 saturated carbocycles. The lowest BCUT2D eigenvalue weighted by Gasteiger charge is -2.53. The number of alkyl halides is 3. The summed E-state index contributed by atoms with van der Waals surface area (Å²) < 4.78 is 28.6. The summed E-state index contributed by atoms with van der Waals surface area (Å²) in [5, 5.41) is 2.67. The van der Waals surface area contributed by atoms with Crippen molar-refractivity contribution in [3.05, 3.63) is 12.7 Å². The second kappa shape index (κ2) is 9.76. The zero-order valence-electron chi connectivity index (χ0n) is 19.2. The van der Waals surface area contributed by atoms with E-state index in [4.69, 9.17) is 58.2 Å². The van der Waals surface area contributed by atoms with Crippen LogP contribution in [0.1, 0.15) is 34.6 Å². The lowest BCUT2D eigenvalue weighted by Crippen LogP contribution is -2.71. The zero-order chi connectivity index (χ0) is 23.8. The molecule has 1 N–H and O–H groups in total. The van der Waals surface area contributed by atoms with Gasteiger partial charge >= 0.3 is 0 Å². The first-order chi connectivity index (χ1) is 14.0. The van der Waals surface area contributed by atoms with Gasteiger partial charge in [-0.15, -0.1) is 6.58 Å². The molecule has 2 aliphatic rings. The second-order valence-electron chi connectivity index (χ2n) is 9.80. The number of hydrogen-bond donors (Lipinski definition) is 1. The maximum Gasteiger partial charge on any atom is 0.272 e. The standard InChI is InChI=1S/C20H34Cl3NO6Si/c1-9-10-26-16-13(24-17(25)20(21,22)23)15(30-31(7,8)18(2,3)4)14-12(28-16)11-27-19(5,6)29-14/h9,12-16H,1,10-11H2,2-8H3,(H,24,25)/t12-,13-,14-,15-,16+/m1/s1. The minimum absolute atomic E-state index is 0.0945. The summed E-state index contributed by atoms with van der Waals surface area (Å²) in [4.78, 5) is 12.6. The Morgan fingerprint density at radius 2 is 1.90 bits per heavy atom. The van der Waals surface area contributed by atoms with Gasteiger partial charge < -0.3 is 28.7 Å². The van der Waals surface area contributed by atoms with Crippen LogP contribution in [-0.4, -0.2) is 67.7 Å². The third-order valence-corrected chi connectivity index (χ3v) is 10.8. The highest BCUT2D eigenvalue weighted by Crippen LogP contribution is 2.42. The van der Waals surface area contributed by atoms with Gasteiger partial charge in [0.15, 0.2) is 20.4 Å². The quantitative estimate of drug-likeness (QED) is 0.321. The van der Waals surface area contributed by atoms with Crippen LogP contribution in [0.3, 0.4) is 0 Å². The fourth-order valence-electron chi connectivity index (χ4n) is 3.17. The minimum Gasteiger partial charge on any atom is -0.409 e. The Bertz CT molecular complexity index is 664. The van der Waals surface area contributed by atoms with Crippen molar-refractivity contribution in [3.63, 3.8) is 0 Å². The molecular weight excluding hydrogens is 485 g/mol. The van der Waals surface area contributed by atoms with E-state index in [0.29, 0.717) is 0 Å². The number of carbonyl (C=O) groups is 1. The van der Waals surface area contributed by atoms with Crippen molar-refractivity contribution in [3.8, 4) is 0 Å². The van der Waals surface area contributed by atoms with E-state index >= 15 is 0 Å². The van der Waals surface area contributed by atoms with Crippen LogP contribution in [0, 0.1) is 0 Å². The number of nitrogens with one attached hydrogen (secondary N) is 1. The number of carbonyl (C=O) groups excluding carboxylic acids is 1. The van der Waals surface area contributed by atoms with Crippen molar-refractivity contribution in [2.75, 3.05) is 13.2 Å². The first kappa shape index (κ1) is 27.3. The van der Waals surface area contributed by atoms with Crippen LogP contribution in [0.5, 0.6) is 0 Å². The molecule has 2 saturated heterocycles. The largest absolute Gasteiger partial charge is 0.409 e. The normalized spacial score (nSPS) is 31.6. The molecule has 31 heavy (non-hydrogen) atoms. The first-order valence-electron chi connectivity index (χ1n) is 10.2. The molecule has 2 heterocycles. The zero-order valence-corrected chi connectivity index (χ0v) is 22.4. The van der Waals surface area contributed by atoms with Crippen molar-refractivity contribution in [1.29, 1.82) is 0 Å². The molecule has 0 unspecified atom stereocenters. The average Bonchev–Trinajstić information content (AvgIpc) is 2.60. The lowest BCUT2D eigenvalue weighted by atomic mass is 9.95. The number of ether oxygens (including phenoxy) is 4. The van der Waals surface area contributed by atoms with Gasteiger partial charge in [0.1, 0.15) is 18.2 Å². The molecule has 7 nitrogen and oxygen atoms in total. The van der Waals surface area contributed by atoms with Crippen molar-refractivity contribution in [2.45, 2.75) is 93.0 Å². The fourth-order valence-corrected chi connectivity index (χ4v) is 4.65. The van der Waals surface area contributed by atoms with Crippen LogP contribution in [0.4, 0.5) is 0 Å². The topological polar surface area (TPSA) is 75.2 Å². The maximum absolute atomic E-state index is 12.6. The lowest BCUT2D eigenvalue weighted by molar-refractivity contribution is -0.366. The Morgan fingerprint density at radius 1 is 1.29 bits per heavy atom. The molecule has 5 atom stereocenters. The first-order valence-corrected chi connectivity index (χ1v) is 14.3. The van der Waals surface area contributed by atoms with Gasteiger partial charge in [-0.2, -0.15) is 0 Å². The summed E-state index contributed by atoms with van der Waals surface area (Å²) in [6.45, 7) is 18.4. The Labute approximate surface area is 201 Å². The average molecular weight is 519 g/mol. The second-order valence-corrected chi connectivity index (χ2v) is 16.8. The number of amides is 1. The maximum atomic E-state index is 12.6. The monoisotopic (exact) mass is 517 g/mol. The van der Waals surface area contributed by atoms with Crippen LogP contribution >= 0.6 is 34.8 Å². The van der Waals surface area contributed by atoms with Crippen molar-refractivity contribution in [2.24, 2.45) is 0 Å². The van der Waals surface area contributed by atoms with Gasteiger partial charge in [0.2, 0.25) is 0 Å². The molecule has 0 aromatic heterocycles. The van der Waals surface area contributed by atoms with E-state index in [1.807, 2.05) is 13.8 Å².